The molecule has 1 aliphatic rings. The van der Waals surface area contributed by atoms with Crippen molar-refractivity contribution in [2.24, 2.45) is 0 Å². The van der Waals surface area contributed by atoms with Crippen LogP contribution in [-0.2, 0) is 6.54 Å². The van der Waals surface area contributed by atoms with Gasteiger partial charge in [-0.2, -0.15) is 0 Å². The van der Waals surface area contributed by atoms with E-state index in [1.165, 1.54) is 0 Å². The first-order chi connectivity index (χ1) is 11.5. The van der Waals surface area contributed by atoms with Gasteiger partial charge in [0.05, 0.1) is 12.2 Å². The maximum absolute atomic E-state index is 12.7. The van der Waals surface area contributed by atoms with Gasteiger partial charge in [-0.05, 0) is 19.1 Å². The molecule has 3 heterocycles. The van der Waals surface area contributed by atoms with Gasteiger partial charge in [0.2, 0.25) is 0 Å². The van der Waals surface area contributed by atoms with Crippen molar-refractivity contribution in [1.82, 2.24) is 19.9 Å². The quantitative estimate of drug-likeness (QED) is 0.845. The summed E-state index contributed by atoms with van der Waals surface area (Å²) in [5.74, 6) is 1.73. The Hall–Kier alpha value is -2.41. The molecule has 1 aliphatic heterocycles. The van der Waals surface area contributed by atoms with Crippen LogP contribution in [0.5, 0.6) is 0 Å². The number of carbonyl (C=O) groups is 1. The van der Waals surface area contributed by atoms with E-state index in [1.54, 1.807) is 12.3 Å². The van der Waals surface area contributed by atoms with E-state index in [9.17, 15) is 4.79 Å². The van der Waals surface area contributed by atoms with Gasteiger partial charge in [-0.25, -0.2) is 4.98 Å². The van der Waals surface area contributed by atoms with E-state index in [4.69, 9.17) is 4.52 Å². The second-order valence-electron chi connectivity index (χ2n) is 6.30. The molecular formula is C17H23N5O2. The number of anilines is 1. The third-order valence-electron chi connectivity index (χ3n) is 4.17. The minimum Gasteiger partial charge on any atom is -0.363 e. The topological polar surface area (TPSA) is 65.7 Å². The van der Waals surface area contributed by atoms with Gasteiger partial charge in [0.1, 0.15) is 5.82 Å². The summed E-state index contributed by atoms with van der Waals surface area (Å²) in [5.41, 5.74) is 1.58. The molecule has 0 bridgehead atoms. The van der Waals surface area contributed by atoms with E-state index >= 15 is 0 Å². The number of carbonyl (C=O) groups excluding carboxylic acids is 1. The highest BCUT2D eigenvalue weighted by Gasteiger charge is 2.23. The zero-order chi connectivity index (χ0) is 17.1. The first-order valence-corrected chi connectivity index (χ1v) is 8.10. The van der Waals surface area contributed by atoms with Gasteiger partial charge in [-0.1, -0.05) is 5.16 Å². The van der Waals surface area contributed by atoms with Crippen molar-refractivity contribution in [1.29, 1.82) is 0 Å². The Morgan fingerprint density at radius 1 is 1.25 bits per heavy atom. The van der Waals surface area contributed by atoms with Gasteiger partial charge in [-0.15, -0.1) is 0 Å². The van der Waals surface area contributed by atoms with Crippen molar-refractivity contribution in [3.8, 4) is 0 Å². The Balaban J connectivity index is 1.58. The zero-order valence-electron chi connectivity index (χ0n) is 14.4. The first kappa shape index (κ1) is 16.4. The molecule has 0 unspecified atom stereocenters. The number of pyridine rings is 1. The predicted molar refractivity (Wildman–Crippen MR) is 91.0 cm³/mol. The molecule has 1 amide bonds. The van der Waals surface area contributed by atoms with Gasteiger partial charge in [0, 0.05) is 58.1 Å². The third kappa shape index (κ3) is 3.73. The van der Waals surface area contributed by atoms with Gasteiger partial charge in [-0.3, -0.25) is 9.69 Å². The number of hydrogen-bond donors (Lipinski definition) is 0. The second-order valence-corrected chi connectivity index (χ2v) is 6.30. The van der Waals surface area contributed by atoms with Gasteiger partial charge in [0.25, 0.3) is 5.91 Å². The van der Waals surface area contributed by atoms with Crippen LogP contribution in [-0.4, -0.2) is 66.1 Å². The lowest BCUT2D eigenvalue weighted by molar-refractivity contribution is 0.0617. The Kier molecular flexibility index (Phi) is 4.80. The van der Waals surface area contributed by atoms with E-state index in [1.807, 2.05) is 43.0 Å². The summed E-state index contributed by atoms with van der Waals surface area (Å²) < 4.78 is 5.26. The molecule has 0 saturated carbocycles. The average Bonchev–Trinajstić information content (AvgIpc) is 3.00. The third-order valence-corrected chi connectivity index (χ3v) is 4.17. The van der Waals surface area contributed by atoms with Crippen LogP contribution in [0.3, 0.4) is 0 Å². The molecule has 2 aromatic rings. The molecule has 3 rings (SSSR count). The fourth-order valence-corrected chi connectivity index (χ4v) is 2.80. The molecule has 0 aromatic carbocycles. The molecule has 7 heteroatoms. The van der Waals surface area contributed by atoms with Crippen LogP contribution < -0.4 is 4.90 Å². The minimum atomic E-state index is 0.0654. The number of hydrogen-bond acceptors (Lipinski definition) is 6. The van der Waals surface area contributed by atoms with Crippen LogP contribution in [0.25, 0.3) is 0 Å². The molecule has 128 valence electrons. The molecule has 1 fully saturated rings. The summed E-state index contributed by atoms with van der Waals surface area (Å²) in [6, 6.07) is 5.57. The number of piperazine rings is 1. The van der Waals surface area contributed by atoms with E-state index in [0.717, 1.165) is 36.9 Å². The molecule has 2 aromatic heterocycles. The summed E-state index contributed by atoms with van der Waals surface area (Å²) in [6.45, 7) is 5.74. The molecule has 1 saturated heterocycles. The molecule has 0 spiro atoms. The van der Waals surface area contributed by atoms with E-state index in [0.29, 0.717) is 18.7 Å². The van der Waals surface area contributed by atoms with Crippen LogP contribution in [0, 0.1) is 6.92 Å². The summed E-state index contributed by atoms with van der Waals surface area (Å²) in [4.78, 5) is 23.0. The summed E-state index contributed by atoms with van der Waals surface area (Å²) in [7, 11) is 3.83. The molecule has 0 radical (unpaired) electrons. The molecule has 0 N–H and O–H groups in total. The second kappa shape index (κ2) is 7.00. The van der Waals surface area contributed by atoms with Gasteiger partial charge in [0.15, 0.2) is 5.76 Å². The highest BCUT2D eigenvalue weighted by Crippen LogP contribution is 2.15. The molecule has 0 atom stereocenters. The van der Waals surface area contributed by atoms with Gasteiger partial charge < -0.3 is 14.3 Å². The van der Waals surface area contributed by atoms with Crippen molar-refractivity contribution >= 4 is 11.7 Å². The summed E-state index contributed by atoms with van der Waals surface area (Å²) in [6.07, 6.45) is 1.69. The first-order valence-electron chi connectivity index (χ1n) is 8.10. The van der Waals surface area contributed by atoms with Crippen molar-refractivity contribution < 1.29 is 9.32 Å². The maximum atomic E-state index is 12.7. The number of aryl methyl sites for hydroxylation is 1. The Labute approximate surface area is 141 Å². The smallest absolute Gasteiger partial charge is 0.254 e. The largest absolute Gasteiger partial charge is 0.363 e. The predicted octanol–water partition coefficient (Wildman–Crippen LogP) is 1.40. The van der Waals surface area contributed by atoms with Crippen LogP contribution in [0.1, 0.15) is 21.8 Å². The SMILES string of the molecule is Cc1cc(CN2CCN(C(=O)c3ccnc(N(C)C)c3)CC2)on1. The normalized spacial score (nSPS) is 15.5. The highest BCUT2D eigenvalue weighted by molar-refractivity contribution is 5.94. The van der Waals surface area contributed by atoms with Crippen LogP contribution >= 0.6 is 0 Å². The zero-order valence-corrected chi connectivity index (χ0v) is 14.4. The standard InChI is InChI=1S/C17H23N5O2/c1-13-10-15(24-19-13)12-21-6-8-22(9-7-21)17(23)14-4-5-18-16(11-14)20(2)3/h4-5,10-11H,6-9,12H2,1-3H3. The fraction of sp³-hybridized carbons (Fsp3) is 0.471. The lowest BCUT2D eigenvalue weighted by Crippen LogP contribution is -2.48. The van der Waals surface area contributed by atoms with E-state index in [-0.39, 0.29) is 5.91 Å². The molecule has 7 nitrogen and oxygen atoms in total. The maximum Gasteiger partial charge on any atom is 0.254 e. The lowest BCUT2D eigenvalue weighted by Gasteiger charge is -2.34. The molecule has 24 heavy (non-hydrogen) atoms. The van der Waals surface area contributed by atoms with Crippen molar-refractivity contribution in [2.45, 2.75) is 13.5 Å². The summed E-state index contributed by atoms with van der Waals surface area (Å²) >= 11 is 0. The monoisotopic (exact) mass is 329 g/mol. The Bertz CT molecular complexity index is 705. The fourth-order valence-electron chi connectivity index (χ4n) is 2.80. The van der Waals surface area contributed by atoms with Crippen molar-refractivity contribution in [3.05, 3.63) is 41.4 Å². The van der Waals surface area contributed by atoms with Crippen LogP contribution in [0.2, 0.25) is 0 Å². The minimum absolute atomic E-state index is 0.0654. The molecular weight excluding hydrogens is 306 g/mol. The number of nitrogens with zero attached hydrogens (tertiary/aromatic N) is 5. The summed E-state index contributed by atoms with van der Waals surface area (Å²) in [5, 5.41) is 3.91. The van der Waals surface area contributed by atoms with Gasteiger partial charge >= 0.3 is 0 Å². The highest BCUT2D eigenvalue weighted by atomic mass is 16.5. The lowest BCUT2D eigenvalue weighted by atomic mass is 10.2. The van der Waals surface area contributed by atoms with E-state index in [2.05, 4.69) is 15.0 Å². The van der Waals surface area contributed by atoms with Crippen LogP contribution in [0.4, 0.5) is 5.82 Å². The van der Waals surface area contributed by atoms with E-state index < -0.39 is 0 Å². The Morgan fingerprint density at radius 2 is 2.00 bits per heavy atom. The Morgan fingerprint density at radius 3 is 2.62 bits per heavy atom. The number of amides is 1. The van der Waals surface area contributed by atoms with Crippen LogP contribution in [0.15, 0.2) is 28.9 Å². The average molecular weight is 329 g/mol. The van der Waals surface area contributed by atoms with Crippen molar-refractivity contribution in [3.63, 3.8) is 0 Å². The van der Waals surface area contributed by atoms with Crippen molar-refractivity contribution in [2.75, 3.05) is 45.2 Å². The molecule has 0 aliphatic carbocycles. The number of aromatic nitrogens is 2. The number of rotatable bonds is 4.